The molecule has 2 unspecified atom stereocenters. The summed E-state index contributed by atoms with van der Waals surface area (Å²) in [6.45, 7) is 5.63. The van der Waals surface area contributed by atoms with Gasteiger partial charge in [-0.2, -0.15) is 0 Å². The van der Waals surface area contributed by atoms with Gasteiger partial charge in [-0.3, -0.25) is 4.79 Å². The Hall–Kier alpha value is -0.660. The highest BCUT2D eigenvalue weighted by Gasteiger charge is 2.33. The molecule has 1 aliphatic heterocycles. The van der Waals surface area contributed by atoms with E-state index in [0.717, 1.165) is 25.9 Å². The van der Waals surface area contributed by atoms with Gasteiger partial charge in [-0.25, -0.2) is 13.1 Å². The molecule has 1 heterocycles. The van der Waals surface area contributed by atoms with Gasteiger partial charge in [-0.15, -0.1) is 0 Å². The van der Waals surface area contributed by atoms with Crippen LogP contribution in [0.3, 0.4) is 0 Å². The summed E-state index contributed by atoms with van der Waals surface area (Å²) in [5.74, 6) is -0.403. The van der Waals surface area contributed by atoms with E-state index in [-0.39, 0.29) is 5.41 Å². The van der Waals surface area contributed by atoms with Crippen molar-refractivity contribution < 1.29 is 13.2 Å². The fourth-order valence-corrected chi connectivity index (χ4v) is 3.44. The summed E-state index contributed by atoms with van der Waals surface area (Å²) in [5.41, 5.74) is -0.0772. The first-order valence-electron chi connectivity index (χ1n) is 6.58. The molecule has 112 valence electrons. The molecule has 0 aliphatic carbocycles. The Bertz CT molecular complexity index is 414. The predicted octanol–water partition coefficient (Wildman–Crippen LogP) is -0.228. The molecule has 1 aliphatic rings. The molecule has 6 nitrogen and oxygen atoms in total. The van der Waals surface area contributed by atoms with E-state index in [1.54, 1.807) is 14.1 Å². The lowest BCUT2D eigenvalue weighted by Crippen LogP contribution is -2.49. The number of sulfonamides is 1. The first-order valence-corrected chi connectivity index (χ1v) is 8.13. The predicted molar refractivity (Wildman–Crippen MR) is 75.3 cm³/mol. The Balaban J connectivity index is 2.62. The zero-order valence-corrected chi connectivity index (χ0v) is 13.0. The van der Waals surface area contributed by atoms with E-state index in [2.05, 4.69) is 17.0 Å². The van der Waals surface area contributed by atoms with Crippen molar-refractivity contribution >= 4 is 15.9 Å². The van der Waals surface area contributed by atoms with E-state index in [9.17, 15) is 13.2 Å². The van der Waals surface area contributed by atoms with Crippen LogP contribution in [0.1, 0.15) is 26.7 Å². The minimum Gasteiger partial charge on any atom is -0.348 e. The first kappa shape index (κ1) is 16.4. The minimum atomic E-state index is -3.61. The number of amides is 1. The van der Waals surface area contributed by atoms with Crippen LogP contribution in [0.25, 0.3) is 0 Å². The minimum absolute atomic E-state index is 0.0772. The van der Waals surface area contributed by atoms with Crippen LogP contribution in [-0.4, -0.2) is 58.2 Å². The van der Waals surface area contributed by atoms with Crippen LogP contribution in [0.4, 0.5) is 0 Å². The number of piperidine rings is 1. The Morgan fingerprint density at radius 1 is 1.47 bits per heavy atom. The SMILES string of the molecule is CC(C(=O)N(C)C)S(=O)(=O)NCC1(C)CCCNC1. The molecule has 1 rings (SSSR count). The van der Waals surface area contributed by atoms with Crippen LogP contribution >= 0.6 is 0 Å². The van der Waals surface area contributed by atoms with Gasteiger partial charge in [-0.05, 0) is 31.7 Å². The van der Waals surface area contributed by atoms with E-state index in [0.29, 0.717) is 6.54 Å². The average Bonchev–Trinajstić information content (AvgIpc) is 2.35. The molecular formula is C12H25N3O3S. The molecule has 1 amide bonds. The van der Waals surface area contributed by atoms with E-state index < -0.39 is 21.2 Å². The molecule has 1 fully saturated rings. The van der Waals surface area contributed by atoms with Gasteiger partial charge in [0.2, 0.25) is 15.9 Å². The van der Waals surface area contributed by atoms with Crippen LogP contribution < -0.4 is 10.0 Å². The number of nitrogens with one attached hydrogen (secondary N) is 2. The Morgan fingerprint density at radius 2 is 2.11 bits per heavy atom. The maximum atomic E-state index is 12.1. The topological polar surface area (TPSA) is 78.5 Å². The third-order valence-electron chi connectivity index (χ3n) is 3.64. The highest BCUT2D eigenvalue weighted by atomic mass is 32.2. The Labute approximate surface area is 116 Å². The number of carbonyl (C=O) groups excluding carboxylic acids is 1. The number of nitrogens with zero attached hydrogens (tertiary/aromatic N) is 1. The van der Waals surface area contributed by atoms with Gasteiger partial charge >= 0.3 is 0 Å². The van der Waals surface area contributed by atoms with Crippen molar-refractivity contribution in [2.24, 2.45) is 5.41 Å². The molecule has 19 heavy (non-hydrogen) atoms. The second kappa shape index (κ2) is 6.19. The molecular weight excluding hydrogens is 266 g/mol. The summed E-state index contributed by atoms with van der Waals surface area (Å²) >= 11 is 0. The second-order valence-corrected chi connectivity index (χ2v) is 7.92. The van der Waals surface area contributed by atoms with Crippen LogP contribution in [0.2, 0.25) is 0 Å². The molecule has 2 atom stereocenters. The monoisotopic (exact) mass is 291 g/mol. The summed E-state index contributed by atoms with van der Waals surface area (Å²) in [6, 6.07) is 0. The van der Waals surface area contributed by atoms with Crippen molar-refractivity contribution in [1.29, 1.82) is 0 Å². The Morgan fingerprint density at radius 3 is 2.58 bits per heavy atom. The maximum absolute atomic E-state index is 12.1. The van der Waals surface area contributed by atoms with Gasteiger partial charge in [0.05, 0.1) is 0 Å². The van der Waals surface area contributed by atoms with E-state index >= 15 is 0 Å². The van der Waals surface area contributed by atoms with Crippen LogP contribution in [0.5, 0.6) is 0 Å². The van der Waals surface area contributed by atoms with Crippen molar-refractivity contribution in [3.8, 4) is 0 Å². The number of hydrogen-bond acceptors (Lipinski definition) is 4. The van der Waals surface area contributed by atoms with Crippen molar-refractivity contribution in [3.63, 3.8) is 0 Å². The van der Waals surface area contributed by atoms with Crippen molar-refractivity contribution in [1.82, 2.24) is 14.9 Å². The van der Waals surface area contributed by atoms with Gasteiger partial charge in [0, 0.05) is 27.2 Å². The van der Waals surface area contributed by atoms with E-state index in [1.165, 1.54) is 11.8 Å². The zero-order chi connectivity index (χ0) is 14.7. The van der Waals surface area contributed by atoms with Gasteiger partial charge < -0.3 is 10.2 Å². The fraction of sp³-hybridized carbons (Fsp3) is 0.917. The van der Waals surface area contributed by atoms with Crippen LogP contribution in [0.15, 0.2) is 0 Å². The standard InChI is InChI=1S/C12H25N3O3S/c1-10(11(16)15(3)4)19(17,18)14-9-12(2)6-5-7-13-8-12/h10,13-14H,5-9H2,1-4H3. The molecule has 0 saturated carbocycles. The summed E-state index contributed by atoms with van der Waals surface area (Å²) in [6.07, 6.45) is 2.03. The van der Waals surface area contributed by atoms with Gasteiger partial charge in [-0.1, -0.05) is 6.92 Å². The summed E-state index contributed by atoms with van der Waals surface area (Å²) < 4.78 is 26.8. The third kappa shape index (κ3) is 4.43. The number of rotatable bonds is 5. The van der Waals surface area contributed by atoms with Crippen molar-refractivity contribution in [2.45, 2.75) is 31.9 Å². The van der Waals surface area contributed by atoms with Gasteiger partial charge in [0.1, 0.15) is 0 Å². The smallest absolute Gasteiger partial charge is 0.241 e. The number of hydrogen-bond donors (Lipinski definition) is 2. The zero-order valence-electron chi connectivity index (χ0n) is 12.2. The summed E-state index contributed by atoms with van der Waals surface area (Å²) in [7, 11) is -0.498. The van der Waals surface area contributed by atoms with Crippen LogP contribution in [0, 0.1) is 5.41 Å². The fourth-order valence-electron chi connectivity index (χ4n) is 2.17. The molecule has 0 spiro atoms. The van der Waals surface area contributed by atoms with Crippen molar-refractivity contribution in [3.05, 3.63) is 0 Å². The molecule has 0 radical (unpaired) electrons. The molecule has 2 N–H and O–H groups in total. The summed E-state index contributed by atoms with van der Waals surface area (Å²) in [4.78, 5) is 13.0. The Kier molecular flexibility index (Phi) is 5.34. The molecule has 0 bridgehead atoms. The number of carbonyl (C=O) groups is 1. The highest BCUT2D eigenvalue weighted by Crippen LogP contribution is 2.24. The van der Waals surface area contributed by atoms with E-state index in [1.807, 2.05) is 0 Å². The quantitative estimate of drug-likeness (QED) is 0.733. The molecule has 0 aromatic carbocycles. The normalized spacial score (nSPS) is 25.9. The van der Waals surface area contributed by atoms with Crippen LogP contribution in [-0.2, 0) is 14.8 Å². The lowest BCUT2D eigenvalue weighted by molar-refractivity contribution is -0.127. The highest BCUT2D eigenvalue weighted by molar-refractivity contribution is 7.90. The lowest BCUT2D eigenvalue weighted by Gasteiger charge is -2.34. The molecule has 1 saturated heterocycles. The third-order valence-corrected chi connectivity index (χ3v) is 5.32. The largest absolute Gasteiger partial charge is 0.348 e. The van der Waals surface area contributed by atoms with Gasteiger partial charge in [0.25, 0.3) is 0 Å². The molecule has 0 aromatic rings. The molecule has 0 aromatic heterocycles. The lowest BCUT2D eigenvalue weighted by atomic mass is 9.83. The van der Waals surface area contributed by atoms with Crippen molar-refractivity contribution in [2.75, 3.05) is 33.7 Å². The van der Waals surface area contributed by atoms with Gasteiger partial charge in [0.15, 0.2) is 5.25 Å². The molecule has 7 heteroatoms. The average molecular weight is 291 g/mol. The second-order valence-electron chi connectivity index (χ2n) is 5.83. The van der Waals surface area contributed by atoms with E-state index in [4.69, 9.17) is 0 Å². The maximum Gasteiger partial charge on any atom is 0.241 e. The summed E-state index contributed by atoms with van der Waals surface area (Å²) in [5, 5.41) is 2.22. The first-order chi connectivity index (χ1) is 8.68.